The van der Waals surface area contributed by atoms with E-state index in [-0.39, 0.29) is 6.10 Å². The highest BCUT2D eigenvalue weighted by molar-refractivity contribution is 6.17. The minimum Gasteiger partial charge on any atom is -0.491 e. The van der Waals surface area contributed by atoms with E-state index < -0.39 is 0 Å². The topological polar surface area (TPSA) is 18.5 Å². The van der Waals surface area contributed by atoms with Crippen LogP contribution in [-0.2, 0) is 17.0 Å². The highest BCUT2D eigenvalue weighted by atomic mass is 35.5. The van der Waals surface area contributed by atoms with E-state index in [9.17, 15) is 0 Å². The Labute approximate surface area is 124 Å². The first-order valence-electron chi connectivity index (χ1n) is 6.84. The lowest BCUT2D eigenvalue weighted by atomic mass is 9.98. The van der Waals surface area contributed by atoms with Gasteiger partial charge in [-0.15, -0.1) is 11.6 Å². The van der Waals surface area contributed by atoms with E-state index in [0.717, 1.165) is 24.3 Å². The SMILES string of the molecule is ClCc1ccc(OCC2OCCc3ccccc32)cc1. The van der Waals surface area contributed by atoms with Crippen LogP contribution >= 0.6 is 11.6 Å². The van der Waals surface area contributed by atoms with Gasteiger partial charge in [-0.3, -0.25) is 0 Å². The van der Waals surface area contributed by atoms with Crippen molar-refractivity contribution in [2.45, 2.75) is 18.4 Å². The van der Waals surface area contributed by atoms with Crippen molar-refractivity contribution in [3.05, 3.63) is 65.2 Å². The Kier molecular flexibility index (Phi) is 4.24. The van der Waals surface area contributed by atoms with Crippen molar-refractivity contribution in [3.63, 3.8) is 0 Å². The lowest BCUT2D eigenvalue weighted by molar-refractivity contribution is 0.0102. The van der Waals surface area contributed by atoms with Crippen molar-refractivity contribution in [2.24, 2.45) is 0 Å². The van der Waals surface area contributed by atoms with Crippen LogP contribution in [0.2, 0.25) is 0 Å². The van der Waals surface area contributed by atoms with Gasteiger partial charge in [-0.05, 0) is 35.2 Å². The van der Waals surface area contributed by atoms with Gasteiger partial charge in [-0.25, -0.2) is 0 Å². The Bertz CT molecular complexity index is 565. The monoisotopic (exact) mass is 288 g/mol. The van der Waals surface area contributed by atoms with Crippen molar-refractivity contribution < 1.29 is 9.47 Å². The summed E-state index contributed by atoms with van der Waals surface area (Å²) in [6, 6.07) is 16.3. The molecule has 0 spiro atoms. The van der Waals surface area contributed by atoms with E-state index >= 15 is 0 Å². The molecule has 0 radical (unpaired) electrons. The lowest BCUT2D eigenvalue weighted by Crippen LogP contribution is -2.21. The Morgan fingerprint density at radius 2 is 1.90 bits per heavy atom. The Balaban J connectivity index is 1.66. The van der Waals surface area contributed by atoms with Crippen LogP contribution in [0.4, 0.5) is 0 Å². The lowest BCUT2D eigenvalue weighted by Gasteiger charge is -2.26. The predicted molar refractivity (Wildman–Crippen MR) is 80.3 cm³/mol. The number of ether oxygens (including phenoxy) is 2. The van der Waals surface area contributed by atoms with E-state index in [0.29, 0.717) is 12.5 Å². The second-order valence-corrected chi connectivity index (χ2v) is 5.16. The van der Waals surface area contributed by atoms with Crippen molar-refractivity contribution in [3.8, 4) is 5.75 Å². The highest BCUT2D eigenvalue weighted by Crippen LogP contribution is 2.27. The van der Waals surface area contributed by atoms with Gasteiger partial charge in [0.2, 0.25) is 0 Å². The van der Waals surface area contributed by atoms with Crippen molar-refractivity contribution in [1.29, 1.82) is 0 Å². The van der Waals surface area contributed by atoms with Crippen molar-refractivity contribution >= 4 is 11.6 Å². The molecule has 1 aliphatic rings. The molecule has 0 aliphatic carbocycles. The molecule has 3 rings (SSSR count). The summed E-state index contributed by atoms with van der Waals surface area (Å²) in [5, 5.41) is 0. The average Bonchev–Trinajstić information content (AvgIpc) is 2.53. The number of hydrogen-bond acceptors (Lipinski definition) is 2. The quantitative estimate of drug-likeness (QED) is 0.788. The zero-order valence-electron chi connectivity index (χ0n) is 11.2. The van der Waals surface area contributed by atoms with Crippen LogP contribution in [0.15, 0.2) is 48.5 Å². The number of alkyl halides is 1. The summed E-state index contributed by atoms with van der Waals surface area (Å²) in [6.45, 7) is 1.30. The molecule has 1 atom stereocenters. The van der Waals surface area contributed by atoms with Crippen LogP contribution in [-0.4, -0.2) is 13.2 Å². The van der Waals surface area contributed by atoms with E-state index in [4.69, 9.17) is 21.1 Å². The molecule has 3 heteroatoms. The molecule has 2 nitrogen and oxygen atoms in total. The number of hydrogen-bond donors (Lipinski definition) is 0. The first kappa shape index (κ1) is 13.5. The third-order valence-corrected chi connectivity index (χ3v) is 3.88. The molecule has 1 unspecified atom stereocenters. The van der Waals surface area contributed by atoms with Gasteiger partial charge in [0, 0.05) is 5.88 Å². The second-order valence-electron chi connectivity index (χ2n) is 4.90. The standard InChI is InChI=1S/C17H17ClO2/c18-11-13-5-7-15(8-6-13)20-12-17-16-4-2-1-3-14(16)9-10-19-17/h1-8,17H,9-12H2. The molecular weight excluding hydrogens is 272 g/mol. The fourth-order valence-corrected chi connectivity index (χ4v) is 2.64. The van der Waals surface area contributed by atoms with E-state index in [1.807, 2.05) is 24.3 Å². The molecule has 0 amide bonds. The summed E-state index contributed by atoms with van der Waals surface area (Å²) in [4.78, 5) is 0. The molecule has 20 heavy (non-hydrogen) atoms. The van der Waals surface area contributed by atoms with E-state index in [1.165, 1.54) is 11.1 Å². The van der Waals surface area contributed by atoms with Crippen LogP contribution in [0.3, 0.4) is 0 Å². The molecule has 2 aromatic rings. The Hall–Kier alpha value is -1.51. The fraction of sp³-hybridized carbons (Fsp3) is 0.294. The molecule has 1 heterocycles. The Morgan fingerprint density at radius 3 is 2.70 bits per heavy atom. The minimum absolute atomic E-state index is 0.0210. The average molecular weight is 289 g/mol. The Morgan fingerprint density at radius 1 is 1.10 bits per heavy atom. The number of halogens is 1. The van der Waals surface area contributed by atoms with E-state index in [1.54, 1.807) is 0 Å². The summed E-state index contributed by atoms with van der Waals surface area (Å²) >= 11 is 5.77. The molecule has 0 fully saturated rings. The largest absolute Gasteiger partial charge is 0.491 e. The van der Waals surface area contributed by atoms with Gasteiger partial charge in [0.25, 0.3) is 0 Å². The summed E-state index contributed by atoms with van der Waals surface area (Å²) in [5.74, 6) is 1.38. The summed E-state index contributed by atoms with van der Waals surface area (Å²) in [5.41, 5.74) is 3.71. The zero-order valence-corrected chi connectivity index (χ0v) is 12.0. The molecule has 0 N–H and O–H groups in total. The molecule has 2 aromatic carbocycles. The smallest absolute Gasteiger partial charge is 0.119 e. The van der Waals surface area contributed by atoms with Gasteiger partial charge in [-0.1, -0.05) is 36.4 Å². The minimum atomic E-state index is 0.0210. The molecular formula is C17H17ClO2. The fourth-order valence-electron chi connectivity index (χ4n) is 2.46. The maximum Gasteiger partial charge on any atom is 0.119 e. The third-order valence-electron chi connectivity index (χ3n) is 3.57. The van der Waals surface area contributed by atoms with Gasteiger partial charge in [-0.2, -0.15) is 0 Å². The van der Waals surface area contributed by atoms with Crippen molar-refractivity contribution in [1.82, 2.24) is 0 Å². The van der Waals surface area contributed by atoms with Crippen LogP contribution in [0.5, 0.6) is 5.75 Å². The predicted octanol–water partition coefficient (Wildman–Crippen LogP) is 4.12. The molecule has 1 aliphatic heterocycles. The molecule has 0 saturated carbocycles. The van der Waals surface area contributed by atoms with Gasteiger partial charge in [0.15, 0.2) is 0 Å². The first-order valence-corrected chi connectivity index (χ1v) is 7.37. The molecule has 0 bridgehead atoms. The van der Waals surface area contributed by atoms with E-state index in [2.05, 4.69) is 24.3 Å². The van der Waals surface area contributed by atoms with Crippen LogP contribution in [0.1, 0.15) is 22.8 Å². The first-order chi connectivity index (χ1) is 9.86. The maximum absolute atomic E-state index is 5.83. The van der Waals surface area contributed by atoms with Gasteiger partial charge in [0.1, 0.15) is 18.5 Å². The normalized spacial score (nSPS) is 17.6. The zero-order chi connectivity index (χ0) is 13.8. The van der Waals surface area contributed by atoms with Gasteiger partial charge < -0.3 is 9.47 Å². The van der Waals surface area contributed by atoms with Crippen molar-refractivity contribution in [2.75, 3.05) is 13.2 Å². The molecule has 104 valence electrons. The summed E-state index contributed by atoms with van der Waals surface area (Å²) in [6.07, 6.45) is 1.00. The maximum atomic E-state index is 5.83. The third kappa shape index (κ3) is 2.97. The van der Waals surface area contributed by atoms with Crippen LogP contribution in [0, 0.1) is 0 Å². The molecule has 0 saturated heterocycles. The van der Waals surface area contributed by atoms with Crippen LogP contribution in [0.25, 0.3) is 0 Å². The summed E-state index contributed by atoms with van der Waals surface area (Å²) in [7, 11) is 0. The van der Waals surface area contributed by atoms with Crippen LogP contribution < -0.4 is 4.74 Å². The second kappa shape index (κ2) is 6.29. The molecule has 0 aromatic heterocycles. The number of fused-ring (bicyclic) bond motifs is 1. The highest BCUT2D eigenvalue weighted by Gasteiger charge is 2.20. The number of benzene rings is 2. The summed E-state index contributed by atoms with van der Waals surface area (Å²) < 4.78 is 11.7. The van der Waals surface area contributed by atoms with Gasteiger partial charge in [0.05, 0.1) is 6.61 Å². The number of rotatable bonds is 4. The van der Waals surface area contributed by atoms with Gasteiger partial charge >= 0.3 is 0 Å².